The Morgan fingerprint density at radius 1 is 1.35 bits per heavy atom. The largest absolute Gasteiger partial charge is 0.367 e. The number of carbonyl (C=O) groups is 2. The summed E-state index contributed by atoms with van der Waals surface area (Å²) in [5.41, 5.74) is 0.381. The summed E-state index contributed by atoms with van der Waals surface area (Å²) in [4.78, 5) is 31.0. The maximum Gasteiger partial charge on any atom is 0.267 e. The maximum absolute atomic E-state index is 11.8. The van der Waals surface area contributed by atoms with Gasteiger partial charge in [-0.25, -0.2) is 9.99 Å². The van der Waals surface area contributed by atoms with Crippen LogP contribution in [0.4, 0.5) is 5.82 Å². The highest BCUT2D eigenvalue weighted by atomic mass is 16.2. The number of hydrogen-bond acceptors (Lipinski definition) is 6. The molecule has 0 bridgehead atoms. The first-order valence-electron chi connectivity index (χ1n) is 6.29. The number of aromatic nitrogens is 2. The van der Waals surface area contributed by atoms with E-state index in [2.05, 4.69) is 25.7 Å². The zero-order valence-electron chi connectivity index (χ0n) is 11.2. The van der Waals surface area contributed by atoms with Crippen molar-refractivity contribution >= 4 is 23.3 Å². The third-order valence-corrected chi connectivity index (χ3v) is 2.75. The fourth-order valence-corrected chi connectivity index (χ4v) is 1.69. The lowest BCUT2D eigenvalue weighted by atomic mass is 10.1. The third kappa shape index (κ3) is 3.74. The van der Waals surface area contributed by atoms with Crippen LogP contribution < -0.4 is 10.6 Å². The molecule has 0 fully saturated rings. The van der Waals surface area contributed by atoms with E-state index in [0.717, 1.165) is 0 Å². The van der Waals surface area contributed by atoms with E-state index in [0.29, 0.717) is 37.5 Å². The first-order chi connectivity index (χ1) is 9.66. The summed E-state index contributed by atoms with van der Waals surface area (Å²) < 4.78 is 0. The van der Waals surface area contributed by atoms with Crippen LogP contribution in [0.2, 0.25) is 0 Å². The van der Waals surface area contributed by atoms with E-state index in [4.69, 9.17) is 0 Å². The van der Waals surface area contributed by atoms with Crippen molar-refractivity contribution in [3.63, 3.8) is 0 Å². The average molecular weight is 276 g/mol. The van der Waals surface area contributed by atoms with E-state index in [1.807, 2.05) is 0 Å². The number of anilines is 1. The van der Waals surface area contributed by atoms with Crippen LogP contribution in [0.15, 0.2) is 23.7 Å². The molecule has 1 aliphatic heterocycles. The first kappa shape index (κ1) is 13.9. The monoisotopic (exact) mass is 276 g/mol. The van der Waals surface area contributed by atoms with Gasteiger partial charge >= 0.3 is 0 Å². The van der Waals surface area contributed by atoms with Crippen LogP contribution in [0, 0.1) is 0 Å². The molecule has 20 heavy (non-hydrogen) atoms. The van der Waals surface area contributed by atoms with Crippen LogP contribution >= 0.6 is 0 Å². The van der Waals surface area contributed by atoms with Crippen molar-refractivity contribution in [1.82, 2.24) is 20.3 Å². The number of nitrogens with zero attached hydrogens (tertiary/aromatic N) is 4. The Labute approximate surface area is 116 Å². The number of amides is 2. The Hall–Kier alpha value is -2.51. The summed E-state index contributed by atoms with van der Waals surface area (Å²) in [6.07, 6.45) is 5.48. The fraction of sp³-hybridized carbons (Fsp3) is 0.417. The van der Waals surface area contributed by atoms with E-state index in [-0.39, 0.29) is 11.8 Å². The van der Waals surface area contributed by atoms with Gasteiger partial charge in [0.05, 0.1) is 6.20 Å². The van der Waals surface area contributed by atoms with Gasteiger partial charge < -0.3 is 10.6 Å². The molecule has 0 spiro atoms. The molecule has 0 aliphatic carbocycles. The van der Waals surface area contributed by atoms with Crippen LogP contribution in [0.25, 0.3) is 0 Å². The molecule has 1 aromatic rings. The molecule has 1 aromatic heterocycles. The van der Waals surface area contributed by atoms with Gasteiger partial charge in [-0.2, -0.15) is 5.10 Å². The van der Waals surface area contributed by atoms with Crippen molar-refractivity contribution in [3.05, 3.63) is 18.6 Å². The molecule has 0 unspecified atom stereocenters. The summed E-state index contributed by atoms with van der Waals surface area (Å²) in [6, 6.07) is 0. The fourth-order valence-electron chi connectivity index (χ4n) is 1.69. The highest BCUT2D eigenvalue weighted by Gasteiger charge is 2.21. The van der Waals surface area contributed by atoms with Gasteiger partial charge in [-0.3, -0.25) is 14.6 Å². The van der Waals surface area contributed by atoms with Crippen LogP contribution in [-0.2, 0) is 9.59 Å². The Balaban J connectivity index is 1.73. The highest BCUT2D eigenvalue weighted by Crippen LogP contribution is 2.06. The van der Waals surface area contributed by atoms with Crippen LogP contribution in [0.3, 0.4) is 0 Å². The first-order valence-corrected chi connectivity index (χ1v) is 6.29. The molecule has 2 amide bonds. The van der Waals surface area contributed by atoms with Crippen molar-refractivity contribution in [2.45, 2.75) is 12.8 Å². The van der Waals surface area contributed by atoms with Crippen LogP contribution in [-0.4, -0.2) is 52.6 Å². The molecule has 0 atom stereocenters. The number of nitrogens with one attached hydrogen (secondary N) is 2. The standard InChI is InChI=1S/C12H16N6O2/c1-18-11(19)3-2-9(17-18)12(20)16-7-6-15-10-8-13-4-5-14-10/h4-5,8H,2-3,6-7H2,1H3,(H,14,15)(H,16,20). The van der Waals surface area contributed by atoms with Gasteiger partial charge in [0.1, 0.15) is 11.5 Å². The molecule has 2 rings (SSSR count). The van der Waals surface area contributed by atoms with Gasteiger partial charge in [-0.1, -0.05) is 0 Å². The summed E-state index contributed by atoms with van der Waals surface area (Å²) in [5, 5.41) is 10.9. The second-order valence-corrected chi connectivity index (χ2v) is 4.24. The summed E-state index contributed by atoms with van der Waals surface area (Å²) >= 11 is 0. The van der Waals surface area contributed by atoms with Gasteiger partial charge in [-0.05, 0) is 0 Å². The van der Waals surface area contributed by atoms with Gasteiger partial charge in [0.2, 0.25) is 5.91 Å². The molecule has 2 heterocycles. The lowest BCUT2D eigenvalue weighted by Gasteiger charge is -2.18. The van der Waals surface area contributed by atoms with E-state index < -0.39 is 0 Å². The van der Waals surface area contributed by atoms with Gasteiger partial charge in [0.25, 0.3) is 5.91 Å². The predicted molar refractivity (Wildman–Crippen MR) is 73.0 cm³/mol. The number of hydrazone groups is 1. The number of hydrogen-bond donors (Lipinski definition) is 2. The summed E-state index contributed by atoms with van der Waals surface area (Å²) in [5.74, 6) is 0.332. The predicted octanol–water partition coefficient (Wildman–Crippen LogP) is -0.387. The minimum absolute atomic E-state index is 0.0779. The molecule has 8 nitrogen and oxygen atoms in total. The zero-order chi connectivity index (χ0) is 14.4. The SMILES string of the molecule is CN1N=C(C(=O)NCCNc2cnccn2)CCC1=O. The van der Waals surface area contributed by atoms with Crippen molar-refractivity contribution in [3.8, 4) is 0 Å². The van der Waals surface area contributed by atoms with Crippen LogP contribution in [0.5, 0.6) is 0 Å². The Morgan fingerprint density at radius 2 is 2.20 bits per heavy atom. The second-order valence-electron chi connectivity index (χ2n) is 4.24. The zero-order valence-corrected chi connectivity index (χ0v) is 11.2. The van der Waals surface area contributed by atoms with Crippen molar-refractivity contribution in [1.29, 1.82) is 0 Å². The Bertz CT molecular complexity index is 516. The lowest BCUT2D eigenvalue weighted by molar-refractivity contribution is -0.130. The van der Waals surface area contributed by atoms with Crippen molar-refractivity contribution in [2.75, 3.05) is 25.5 Å². The van der Waals surface area contributed by atoms with Crippen molar-refractivity contribution in [2.24, 2.45) is 5.10 Å². The molecule has 0 radical (unpaired) electrons. The average Bonchev–Trinajstić information content (AvgIpc) is 2.47. The molecular weight excluding hydrogens is 260 g/mol. The molecule has 8 heteroatoms. The normalized spacial score (nSPS) is 14.8. The summed E-state index contributed by atoms with van der Waals surface area (Å²) in [6.45, 7) is 0.971. The Kier molecular flexibility index (Phi) is 4.59. The summed E-state index contributed by atoms with van der Waals surface area (Å²) in [7, 11) is 1.55. The van der Waals surface area contributed by atoms with E-state index >= 15 is 0 Å². The lowest BCUT2D eigenvalue weighted by Crippen LogP contribution is -2.39. The minimum Gasteiger partial charge on any atom is -0.367 e. The smallest absolute Gasteiger partial charge is 0.267 e. The minimum atomic E-state index is -0.245. The number of carbonyl (C=O) groups excluding carboxylic acids is 2. The van der Waals surface area contributed by atoms with Gasteiger partial charge in [0, 0.05) is 45.4 Å². The Morgan fingerprint density at radius 3 is 2.90 bits per heavy atom. The molecular formula is C12H16N6O2. The van der Waals surface area contributed by atoms with Crippen LogP contribution in [0.1, 0.15) is 12.8 Å². The molecule has 0 saturated carbocycles. The van der Waals surface area contributed by atoms with E-state index in [1.54, 1.807) is 25.6 Å². The highest BCUT2D eigenvalue weighted by molar-refractivity contribution is 6.39. The van der Waals surface area contributed by atoms with Crippen molar-refractivity contribution < 1.29 is 9.59 Å². The molecule has 1 aliphatic rings. The van der Waals surface area contributed by atoms with Gasteiger partial charge in [-0.15, -0.1) is 0 Å². The molecule has 0 saturated heterocycles. The topological polar surface area (TPSA) is 99.6 Å². The van der Waals surface area contributed by atoms with Gasteiger partial charge in [0.15, 0.2) is 0 Å². The second kappa shape index (κ2) is 6.60. The van der Waals surface area contributed by atoms with E-state index in [1.165, 1.54) is 5.01 Å². The number of rotatable bonds is 5. The molecule has 106 valence electrons. The molecule has 0 aromatic carbocycles. The quantitative estimate of drug-likeness (QED) is 0.714. The third-order valence-electron chi connectivity index (χ3n) is 2.75. The molecule has 2 N–H and O–H groups in total. The maximum atomic E-state index is 11.8. The van der Waals surface area contributed by atoms with E-state index in [9.17, 15) is 9.59 Å².